The monoisotopic (exact) mass is 886 g/mol. The van der Waals surface area contributed by atoms with E-state index in [2.05, 4.69) is 65.6 Å². The summed E-state index contributed by atoms with van der Waals surface area (Å²) in [6.07, 6.45) is 10.9. The van der Waals surface area contributed by atoms with E-state index in [0.717, 1.165) is 63.8 Å². The number of halogens is 1. The van der Waals surface area contributed by atoms with Crippen LogP contribution in [-0.4, -0.2) is 85.1 Å². The van der Waals surface area contributed by atoms with Crippen molar-refractivity contribution in [2.75, 3.05) is 39.1 Å². The van der Waals surface area contributed by atoms with E-state index in [0.29, 0.717) is 28.9 Å². The first-order valence-corrected chi connectivity index (χ1v) is 19.8. The van der Waals surface area contributed by atoms with Gasteiger partial charge in [-0.2, -0.15) is 10.2 Å². The topological polar surface area (TPSA) is 189 Å². The van der Waals surface area contributed by atoms with Crippen molar-refractivity contribution in [2.45, 2.75) is 13.8 Å². The Labute approximate surface area is 350 Å². The first-order chi connectivity index (χ1) is 27.9. The van der Waals surface area contributed by atoms with Gasteiger partial charge in [0, 0.05) is 65.0 Å². The summed E-state index contributed by atoms with van der Waals surface area (Å²) in [5, 5.41) is 32.4. The van der Waals surface area contributed by atoms with Gasteiger partial charge in [0.05, 0.1) is 84.0 Å². The zero-order valence-corrected chi connectivity index (χ0v) is 36.0. The van der Waals surface area contributed by atoms with Crippen LogP contribution in [0.4, 0.5) is 23.3 Å². The van der Waals surface area contributed by atoms with E-state index in [1.165, 1.54) is 19.1 Å². The van der Waals surface area contributed by atoms with Crippen LogP contribution in [0, 0.1) is 13.8 Å². The first-order valence-electron chi connectivity index (χ1n) is 17.4. The SMILES string of the molecule is COc1ccc(-c2c(C)sc3cnc(Nc4cnn(C)c4)nc23)c(OC)c1.COc1ccc(B(O)O)c(OC)c1.Cc1sc2cnc(Nc3cnn(C)c3)nc2c1Br. The fourth-order valence-electron chi connectivity index (χ4n) is 5.69. The Morgan fingerprint density at radius 2 is 1.19 bits per heavy atom. The van der Waals surface area contributed by atoms with E-state index in [1.54, 1.807) is 76.8 Å². The standard InChI is InChI=1S/C19H19N5O2S.C11H10BrN5S.C8H11BO4/c1-11-17(14-6-5-13(25-3)7-15(14)26-4)18-16(27-11)9-20-19(23-18)22-12-8-21-24(2)10-12;1-6-9(12)10-8(18-6)4-13-11(16-10)15-7-3-14-17(2)5-7;1-12-6-3-4-7(9(10)11)8(5-6)13-2/h5-10H,1-4H3,(H,20,22,23);3-5H,1-2H3,(H,13,15,16);3-5,10-11H,1-2H3. The number of aryl methyl sites for hydroxylation is 4. The average molecular weight is 888 g/mol. The molecular formula is C38H40BBrN10O6S2. The van der Waals surface area contributed by atoms with Crippen molar-refractivity contribution < 1.29 is 29.0 Å². The molecule has 4 N–H and O–H groups in total. The number of rotatable bonds is 10. The normalized spacial score (nSPS) is 10.7. The number of benzene rings is 2. The Morgan fingerprint density at radius 3 is 1.71 bits per heavy atom. The van der Waals surface area contributed by atoms with Crippen molar-refractivity contribution in [3.63, 3.8) is 0 Å². The van der Waals surface area contributed by atoms with E-state index in [-0.39, 0.29) is 0 Å². The van der Waals surface area contributed by atoms with Gasteiger partial charge in [-0.3, -0.25) is 9.36 Å². The van der Waals surface area contributed by atoms with E-state index >= 15 is 0 Å². The number of fused-ring (bicyclic) bond motifs is 2. The Balaban J connectivity index is 0.000000158. The Hall–Kier alpha value is -5.80. The number of hydrogen-bond acceptors (Lipinski definition) is 16. The van der Waals surface area contributed by atoms with Crippen molar-refractivity contribution in [3.05, 3.63) is 87.8 Å². The fourth-order valence-corrected chi connectivity index (χ4v) is 8.22. The molecule has 6 heterocycles. The van der Waals surface area contributed by atoms with Crippen molar-refractivity contribution in [3.8, 4) is 34.1 Å². The van der Waals surface area contributed by atoms with Crippen LogP contribution in [0.2, 0.25) is 0 Å². The molecule has 0 amide bonds. The number of ether oxygens (including phenoxy) is 4. The molecule has 2 aromatic carbocycles. The van der Waals surface area contributed by atoms with Gasteiger partial charge in [0.1, 0.15) is 28.5 Å². The summed E-state index contributed by atoms with van der Waals surface area (Å²) >= 11 is 6.90. The molecule has 300 valence electrons. The fraction of sp³-hybridized carbons (Fsp3) is 0.211. The van der Waals surface area contributed by atoms with Gasteiger partial charge in [-0.15, -0.1) is 22.7 Å². The minimum Gasteiger partial charge on any atom is -0.497 e. The molecule has 0 spiro atoms. The third-order valence-electron chi connectivity index (χ3n) is 8.46. The highest BCUT2D eigenvalue weighted by atomic mass is 79.9. The van der Waals surface area contributed by atoms with Gasteiger partial charge in [0.25, 0.3) is 0 Å². The number of nitrogens with zero attached hydrogens (tertiary/aromatic N) is 8. The van der Waals surface area contributed by atoms with E-state index in [1.807, 2.05) is 57.1 Å². The van der Waals surface area contributed by atoms with Crippen LogP contribution in [0.3, 0.4) is 0 Å². The maximum atomic E-state index is 8.93. The summed E-state index contributed by atoms with van der Waals surface area (Å²) in [6.45, 7) is 4.14. The summed E-state index contributed by atoms with van der Waals surface area (Å²) in [5.74, 6) is 3.62. The van der Waals surface area contributed by atoms with Gasteiger partial charge >= 0.3 is 7.12 Å². The van der Waals surface area contributed by atoms with Crippen LogP contribution >= 0.6 is 38.6 Å². The molecule has 0 saturated heterocycles. The second-order valence-corrected chi connectivity index (χ2v) is 15.7. The molecule has 0 aliphatic carbocycles. The number of hydrogen-bond donors (Lipinski definition) is 4. The maximum absolute atomic E-state index is 8.93. The molecule has 8 rings (SSSR count). The van der Waals surface area contributed by atoms with E-state index in [4.69, 9.17) is 34.0 Å². The lowest BCUT2D eigenvalue weighted by atomic mass is 9.79. The number of thiophene rings is 2. The van der Waals surface area contributed by atoms with Crippen LogP contribution in [0.15, 0.2) is 78.1 Å². The molecule has 6 aromatic heterocycles. The summed E-state index contributed by atoms with van der Waals surface area (Å²) in [5.41, 5.74) is 5.90. The molecule has 0 unspecified atom stereocenters. The molecule has 8 aromatic rings. The summed E-state index contributed by atoms with van der Waals surface area (Å²) in [6, 6.07) is 10.6. The lowest BCUT2D eigenvalue weighted by molar-refractivity contribution is 0.390. The van der Waals surface area contributed by atoms with Gasteiger partial charge in [-0.25, -0.2) is 19.9 Å². The molecule has 20 heteroatoms. The van der Waals surface area contributed by atoms with Crippen molar-refractivity contribution in [1.82, 2.24) is 39.5 Å². The van der Waals surface area contributed by atoms with E-state index in [9.17, 15) is 0 Å². The van der Waals surface area contributed by atoms with Gasteiger partial charge in [-0.05, 0) is 48.0 Å². The number of aromatic nitrogens is 8. The molecule has 0 saturated carbocycles. The lowest BCUT2D eigenvalue weighted by Crippen LogP contribution is -2.31. The molecular weight excluding hydrogens is 847 g/mol. The highest BCUT2D eigenvalue weighted by Gasteiger charge is 2.19. The third kappa shape index (κ3) is 9.65. The van der Waals surface area contributed by atoms with Gasteiger partial charge < -0.3 is 39.6 Å². The number of anilines is 4. The number of nitrogens with one attached hydrogen (secondary N) is 2. The summed E-state index contributed by atoms with van der Waals surface area (Å²) < 4.78 is 27.4. The number of methoxy groups -OCH3 is 4. The van der Waals surface area contributed by atoms with Gasteiger partial charge in [0.2, 0.25) is 11.9 Å². The molecule has 0 bridgehead atoms. The van der Waals surface area contributed by atoms with Crippen molar-refractivity contribution in [2.24, 2.45) is 14.1 Å². The Kier molecular flexibility index (Phi) is 13.4. The quantitative estimate of drug-likeness (QED) is 0.105. The highest BCUT2D eigenvalue weighted by Crippen LogP contribution is 2.42. The predicted molar refractivity (Wildman–Crippen MR) is 233 cm³/mol. The molecule has 0 radical (unpaired) electrons. The van der Waals surface area contributed by atoms with Crippen LogP contribution in [0.1, 0.15) is 9.75 Å². The van der Waals surface area contributed by atoms with Gasteiger partial charge in [0.15, 0.2) is 0 Å². The third-order valence-corrected chi connectivity index (χ3v) is 11.8. The smallest absolute Gasteiger partial charge is 0.492 e. The lowest BCUT2D eigenvalue weighted by Gasteiger charge is -2.11. The Morgan fingerprint density at radius 1 is 0.672 bits per heavy atom. The molecule has 0 aliphatic rings. The van der Waals surface area contributed by atoms with Crippen LogP contribution in [0.5, 0.6) is 23.0 Å². The van der Waals surface area contributed by atoms with Crippen LogP contribution in [-0.2, 0) is 14.1 Å². The van der Waals surface area contributed by atoms with E-state index < -0.39 is 7.12 Å². The second kappa shape index (κ2) is 18.6. The Bertz CT molecular complexity index is 2670. The molecule has 0 fully saturated rings. The second-order valence-electron chi connectivity index (χ2n) is 12.4. The van der Waals surface area contributed by atoms with Gasteiger partial charge in [-0.1, -0.05) is 6.07 Å². The highest BCUT2D eigenvalue weighted by molar-refractivity contribution is 9.10. The minimum atomic E-state index is -1.53. The largest absolute Gasteiger partial charge is 0.497 e. The summed E-state index contributed by atoms with van der Waals surface area (Å²) in [4.78, 5) is 20.3. The van der Waals surface area contributed by atoms with Crippen molar-refractivity contribution >= 4 is 94.9 Å². The minimum absolute atomic E-state index is 0.323. The summed E-state index contributed by atoms with van der Waals surface area (Å²) in [7, 11) is 8.50. The molecule has 0 atom stereocenters. The first kappa shape index (κ1) is 41.8. The maximum Gasteiger partial charge on any atom is 0.492 e. The van der Waals surface area contributed by atoms with Crippen LogP contribution in [0.25, 0.3) is 31.6 Å². The predicted octanol–water partition coefficient (Wildman–Crippen LogP) is 6.78. The molecule has 58 heavy (non-hydrogen) atoms. The average Bonchev–Trinajstić information content (AvgIpc) is 3.99. The zero-order chi connectivity index (χ0) is 41.5. The van der Waals surface area contributed by atoms with Crippen molar-refractivity contribution in [1.29, 1.82) is 0 Å². The van der Waals surface area contributed by atoms with Crippen LogP contribution < -0.4 is 35.0 Å². The molecule has 0 aliphatic heterocycles. The zero-order valence-electron chi connectivity index (χ0n) is 32.8. The molecule has 16 nitrogen and oxygen atoms in total.